The average Bonchev–Trinajstić information content (AvgIpc) is 2.01. The third-order valence-corrected chi connectivity index (χ3v) is 1.86. The number of alkyl halides is 1. The molecule has 0 N–H and O–H groups in total. The zero-order valence-electron chi connectivity index (χ0n) is 6.43. The summed E-state index contributed by atoms with van der Waals surface area (Å²) in [6, 6.07) is 0. The summed E-state index contributed by atoms with van der Waals surface area (Å²) < 4.78 is 26.2. The molecule has 0 aliphatic heterocycles. The summed E-state index contributed by atoms with van der Waals surface area (Å²) in [4.78, 5) is 0. The molecule has 0 heterocycles. The Bertz CT molecular complexity index is 243. The molecule has 0 radical (unpaired) electrons. The Kier molecular flexibility index (Phi) is 3.04. The van der Waals surface area contributed by atoms with Gasteiger partial charge in [-0.1, -0.05) is 23.8 Å². The van der Waals surface area contributed by atoms with Crippen molar-refractivity contribution in [2.45, 2.75) is 18.5 Å². The fraction of sp³-hybridized carbons (Fsp3) is 0.333. The summed E-state index contributed by atoms with van der Waals surface area (Å²) in [7, 11) is 0. The van der Waals surface area contributed by atoms with Crippen LogP contribution in [-0.2, 0) is 0 Å². The first-order valence-corrected chi connectivity index (χ1v) is 4.08. The van der Waals surface area contributed by atoms with Crippen molar-refractivity contribution in [3.8, 4) is 0 Å². The first kappa shape index (κ1) is 9.46. The van der Waals surface area contributed by atoms with Crippen LogP contribution in [-0.4, -0.2) is 5.67 Å². The van der Waals surface area contributed by atoms with E-state index in [9.17, 15) is 8.78 Å². The van der Waals surface area contributed by atoms with Gasteiger partial charge in [-0.3, -0.25) is 0 Å². The van der Waals surface area contributed by atoms with Crippen LogP contribution in [0.5, 0.6) is 0 Å². The molecular formula is C9H9ClF2. The molecule has 0 spiro atoms. The van der Waals surface area contributed by atoms with E-state index >= 15 is 0 Å². The van der Waals surface area contributed by atoms with Gasteiger partial charge in [-0.05, 0) is 12.2 Å². The van der Waals surface area contributed by atoms with Gasteiger partial charge >= 0.3 is 0 Å². The average molecular weight is 191 g/mol. The molecule has 1 unspecified atom stereocenters. The molecule has 0 bridgehead atoms. The van der Waals surface area contributed by atoms with Crippen LogP contribution in [0.1, 0.15) is 12.8 Å². The Morgan fingerprint density at radius 1 is 1.67 bits per heavy atom. The van der Waals surface area contributed by atoms with Crippen LogP contribution in [0.15, 0.2) is 35.7 Å². The minimum absolute atomic E-state index is 0.119. The van der Waals surface area contributed by atoms with Gasteiger partial charge in [0.2, 0.25) is 0 Å². The van der Waals surface area contributed by atoms with Crippen molar-refractivity contribution in [3.05, 3.63) is 35.7 Å². The van der Waals surface area contributed by atoms with Gasteiger partial charge in [0, 0.05) is 18.4 Å². The minimum Gasteiger partial charge on any atom is -0.239 e. The quantitative estimate of drug-likeness (QED) is 0.624. The zero-order chi connectivity index (χ0) is 9.03. The minimum atomic E-state index is -1.59. The van der Waals surface area contributed by atoms with Gasteiger partial charge in [0.1, 0.15) is 11.5 Å². The second-order valence-corrected chi connectivity index (χ2v) is 3.00. The van der Waals surface area contributed by atoms with Gasteiger partial charge in [-0.25, -0.2) is 8.78 Å². The summed E-state index contributed by atoms with van der Waals surface area (Å²) in [5.41, 5.74) is -0.352. The van der Waals surface area contributed by atoms with Gasteiger partial charge in [0.15, 0.2) is 0 Å². The number of rotatable bonds is 2. The number of halogens is 3. The summed E-state index contributed by atoms with van der Waals surface area (Å²) in [6.45, 7) is 0. The lowest BCUT2D eigenvalue weighted by atomic mass is 9.93. The van der Waals surface area contributed by atoms with E-state index in [4.69, 9.17) is 11.6 Å². The molecular weight excluding hydrogens is 182 g/mol. The molecule has 0 aromatic rings. The van der Waals surface area contributed by atoms with E-state index in [1.807, 2.05) is 0 Å². The van der Waals surface area contributed by atoms with Crippen LogP contribution in [0.3, 0.4) is 0 Å². The third-order valence-electron chi connectivity index (χ3n) is 1.68. The Labute approximate surface area is 75.2 Å². The van der Waals surface area contributed by atoms with Gasteiger partial charge in [-0.15, -0.1) is 0 Å². The molecule has 0 aromatic carbocycles. The van der Waals surface area contributed by atoms with Gasteiger partial charge < -0.3 is 0 Å². The van der Waals surface area contributed by atoms with Crippen LogP contribution >= 0.6 is 11.6 Å². The molecule has 0 aromatic heterocycles. The lowest BCUT2D eigenvalue weighted by Gasteiger charge is -2.20. The Morgan fingerprint density at radius 2 is 2.42 bits per heavy atom. The predicted molar refractivity (Wildman–Crippen MR) is 46.4 cm³/mol. The molecule has 1 aliphatic rings. The highest BCUT2D eigenvalue weighted by atomic mass is 35.5. The number of hydrogen-bond donors (Lipinski definition) is 0. The van der Waals surface area contributed by atoms with Crippen LogP contribution in [0.4, 0.5) is 8.78 Å². The number of hydrogen-bond acceptors (Lipinski definition) is 0. The maximum absolute atomic E-state index is 13.5. The lowest BCUT2D eigenvalue weighted by Crippen LogP contribution is -2.20. The second-order valence-electron chi connectivity index (χ2n) is 2.75. The van der Waals surface area contributed by atoms with E-state index in [0.29, 0.717) is 0 Å². The molecule has 0 saturated heterocycles. The molecule has 12 heavy (non-hydrogen) atoms. The van der Waals surface area contributed by atoms with Gasteiger partial charge in [-0.2, -0.15) is 0 Å². The van der Waals surface area contributed by atoms with Crippen LogP contribution in [0.25, 0.3) is 0 Å². The molecule has 66 valence electrons. The standard InChI is InChI=1S/C9H9ClF2/c10-6-2-5-9(12)4-1-3-8(11)7-9/h1-4,6H,5,7H2/b6-2+. The summed E-state index contributed by atoms with van der Waals surface area (Å²) in [5, 5.41) is 0. The Balaban J connectivity index is 2.62. The Hall–Kier alpha value is -0.630. The normalized spacial score (nSPS) is 29.4. The largest absolute Gasteiger partial charge is 0.239 e. The second kappa shape index (κ2) is 3.85. The first-order valence-electron chi connectivity index (χ1n) is 3.64. The zero-order valence-corrected chi connectivity index (χ0v) is 7.19. The summed E-state index contributed by atoms with van der Waals surface area (Å²) >= 11 is 5.24. The molecule has 1 aliphatic carbocycles. The fourth-order valence-corrected chi connectivity index (χ4v) is 1.19. The van der Waals surface area contributed by atoms with Crippen molar-refractivity contribution in [2.75, 3.05) is 0 Å². The Morgan fingerprint density at radius 3 is 3.00 bits per heavy atom. The summed E-state index contributed by atoms with van der Waals surface area (Å²) in [5.74, 6) is -0.428. The monoisotopic (exact) mass is 190 g/mol. The third kappa shape index (κ3) is 2.45. The van der Waals surface area contributed by atoms with Crippen molar-refractivity contribution in [1.82, 2.24) is 0 Å². The predicted octanol–water partition coefficient (Wildman–Crippen LogP) is 3.65. The van der Waals surface area contributed by atoms with Crippen LogP contribution in [0.2, 0.25) is 0 Å². The molecule has 1 rings (SSSR count). The van der Waals surface area contributed by atoms with Crippen LogP contribution in [0, 0.1) is 0 Å². The van der Waals surface area contributed by atoms with Gasteiger partial charge in [0.25, 0.3) is 0 Å². The molecule has 1 atom stereocenters. The van der Waals surface area contributed by atoms with Crippen molar-refractivity contribution in [3.63, 3.8) is 0 Å². The highest BCUT2D eigenvalue weighted by molar-refractivity contribution is 6.25. The van der Waals surface area contributed by atoms with E-state index in [1.54, 1.807) is 0 Å². The SMILES string of the molecule is FC1=CC=CC(F)(C/C=C/Cl)C1. The molecule has 0 amide bonds. The van der Waals surface area contributed by atoms with Gasteiger partial charge in [0.05, 0.1) is 0 Å². The molecule has 0 nitrogen and oxygen atoms in total. The number of allylic oxidation sites excluding steroid dienone is 5. The van der Waals surface area contributed by atoms with E-state index < -0.39 is 11.5 Å². The topological polar surface area (TPSA) is 0 Å². The maximum atomic E-state index is 13.5. The van der Waals surface area contributed by atoms with Crippen molar-refractivity contribution in [2.24, 2.45) is 0 Å². The van der Waals surface area contributed by atoms with Crippen molar-refractivity contribution < 1.29 is 8.78 Å². The summed E-state index contributed by atoms with van der Waals surface area (Å²) in [6.07, 6.45) is 5.42. The highest BCUT2D eigenvalue weighted by Crippen LogP contribution is 2.31. The van der Waals surface area contributed by atoms with E-state index in [0.717, 1.165) is 0 Å². The van der Waals surface area contributed by atoms with E-state index in [-0.39, 0.29) is 12.8 Å². The molecule has 3 heteroatoms. The van der Waals surface area contributed by atoms with E-state index in [2.05, 4.69) is 0 Å². The lowest BCUT2D eigenvalue weighted by molar-refractivity contribution is 0.217. The van der Waals surface area contributed by atoms with E-state index in [1.165, 1.54) is 29.8 Å². The molecule has 0 saturated carbocycles. The molecule has 0 fully saturated rings. The smallest absolute Gasteiger partial charge is 0.139 e. The van der Waals surface area contributed by atoms with Crippen LogP contribution < -0.4 is 0 Å². The first-order chi connectivity index (χ1) is 5.66. The fourth-order valence-electron chi connectivity index (χ4n) is 1.10. The maximum Gasteiger partial charge on any atom is 0.139 e. The highest BCUT2D eigenvalue weighted by Gasteiger charge is 2.28. The van der Waals surface area contributed by atoms with Crippen molar-refractivity contribution >= 4 is 11.6 Å². The van der Waals surface area contributed by atoms with Crippen molar-refractivity contribution in [1.29, 1.82) is 0 Å².